The SMILES string of the molecule is COc1ccc(Cl)cc1/C=N\NC(=O)COc1ccccc1[N+](=O)[O-]. The number of carbonyl (C=O) groups is 1. The Bertz CT molecular complexity index is 810. The van der Waals surface area contributed by atoms with Gasteiger partial charge < -0.3 is 9.47 Å². The molecule has 9 heteroatoms. The van der Waals surface area contributed by atoms with Gasteiger partial charge in [-0.15, -0.1) is 0 Å². The second-order valence-corrected chi connectivity index (χ2v) is 5.13. The van der Waals surface area contributed by atoms with Crippen LogP contribution in [0.4, 0.5) is 5.69 Å². The van der Waals surface area contributed by atoms with Crippen LogP contribution in [0.15, 0.2) is 47.6 Å². The topological polar surface area (TPSA) is 103 Å². The standard InChI is InChI=1S/C16H14ClN3O5/c1-24-14-7-6-12(17)8-11(14)9-18-19-16(21)10-25-15-5-3-2-4-13(15)20(22)23/h2-9H,10H2,1H3,(H,19,21)/b18-9-. The fraction of sp³-hybridized carbons (Fsp3) is 0.125. The van der Waals surface area contributed by atoms with Gasteiger partial charge in [0.05, 0.1) is 18.2 Å². The van der Waals surface area contributed by atoms with E-state index < -0.39 is 17.4 Å². The van der Waals surface area contributed by atoms with Gasteiger partial charge in [-0.05, 0) is 24.3 Å². The largest absolute Gasteiger partial charge is 0.496 e. The number of ether oxygens (including phenoxy) is 2. The van der Waals surface area contributed by atoms with E-state index in [0.717, 1.165) is 0 Å². The number of hydrazone groups is 1. The molecule has 2 aromatic rings. The highest BCUT2D eigenvalue weighted by Crippen LogP contribution is 2.25. The van der Waals surface area contributed by atoms with Crippen LogP contribution < -0.4 is 14.9 Å². The predicted molar refractivity (Wildman–Crippen MR) is 92.3 cm³/mol. The molecule has 1 N–H and O–H groups in total. The number of nitrogens with one attached hydrogen (secondary N) is 1. The molecule has 0 radical (unpaired) electrons. The monoisotopic (exact) mass is 363 g/mol. The molecule has 2 aromatic carbocycles. The smallest absolute Gasteiger partial charge is 0.310 e. The minimum Gasteiger partial charge on any atom is -0.496 e. The zero-order chi connectivity index (χ0) is 18.2. The Morgan fingerprint density at radius 2 is 2.08 bits per heavy atom. The van der Waals surface area contributed by atoms with Gasteiger partial charge in [-0.25, -0.2) is 5.43 Å². The summed E-state index contributed by atoms with van der Waals surface area (Å²) in [4.78, 5) is 22.0. The van der Waals surface area contributed by atoms with E-state index in [1.165, 1.54) is 31.5 Å². The second-order valence-electron chi connectivity index (χ2n) is 4.69. The van der Waals surface area contributed by atoms with Crippen LogP contribution in [0.5, 0.6) is 11.5 Å². The summed E-state index contributed by atoms with van der Waals surface area (Å²) in [6.07, 6.45) is 1.37. The van der Waals surface area contributed by atoms with Crippen molar-refractivity contribution in [1.29, 1.82) is 0 Å². The lowest BCUT2D eigenvalue weighted by Crippen LogP contribution is -2.24. The first-order valence-corrected chi connectivity index (χ1v) is 7.40. The second kappa shape index (κ2) is 8.65. The molecule has 0 saturated carbocycles. The quantitative estimate of drug-likeness (QED) is 0.463. The number of nitro groups is 1. The third-order valence-electron chi connectivity index (χ3n) is 3.01. The number of rotatable bonds is 7. The van der Waals surface area contributed by atoms with Gasteiger partial charge in [0.15, 0.2) is 12.4 Å². The van der Waals surface area contributed by atoms with Crippen molar-refractivity contribution in [1.82, 2.24) is 5.43 Å². The third-order valence-corrected chi connectivity index (χ3v) is 3.24. The number of benzene rings is 2. The van der Waals surface area contributed by atoms with Crippen LogP contribution in [0.3, 0.4) is 0 Å². The van der Waals surface area contributed by atoms with Gasteiger partial charge in [-0.3, -0.25) is 14.9 Å². The van der Waals surface area contributed by atoms with E-state index in [9.17, 15) is 14.9 Å². The molecule has 0 aliphatic carbocycles. The summed E-state index contributed by atoms with van der Waals surface area (Å²) in [6, 6.07) is 10.7. The molecule has 0 unspecified atom stereocenters. The molecule has 2 rings (SSSR count). The van der Waals surface area contributed by atoms with Crippen molar-refractivity contribution in [2.24, 2.45) is 5.10 Å². The molecule has 0 aromatic heterocycles. The van der Waals surface area contributed by atoms with Crippen molar-refractivity contribution in [2.45, 2.75) is 0 Å². The van der Waals surface area contributed by atoms with E-state index in [2.05, 4.69) is 10.5 Å². The van der Waals surface area contributed by atoms with E-state index in [1.54, 1.807) is 24.3 Å². The van der Waals surface area contributed by atoms with E-state index in [1.807, 2.05) is 0 Å². The first-order valence-electron chi connectivity index (χ1n) is 7.03. The Balaban J connectivity index is 1.94. The van der Waals surface area contributed by atoms with Crippen LogP contribution in [0.2, 0.25) is 5.02 Å². The van der Waals surface area contributed by atoms with E-state index in [4.69, 9.17) is 21.1 Å². The Kier molecular flexibility index (Phi) is 6.30. The molecular weight excluding hydrogens is 350 g/mol. The molecule has 0 aliphatic rings. The highest BCUT2D eigenvalue weighted by atomic mass is 35.5. The molecule has 0 bridgehead atoms. The maximum Gasteiger partial charge on any atom is 0.310 e. The lowest BCUT2D eigenvalue weighted by atomic mass is 10.2. The molecule has 0 saturated heterocycles. The van der Waals surface area contributed by atoms with Gasteiger partial charge in [-0.1, -0.05) is 23.7 Å². The highest BCUT2D eigenvalue weighted by molar-refractivity contribution is 6.30. The minimum absolute atomic E-state index is 0.00291. The van der Waals surface area contributed by atoms with Gasteiger partial charge >= 0.3 is 5.69 Å². The highest BCUT2D eigenvalue weighted by Gasteiger charge is 2.14. The van der Waals surface area contributed by atoms with Gasteiger partial charge in [0, 0.05) is 16.7 Å². The fourth-order valence-corrected chi connectivity index (χ4v) is 2.07. The number of nitro benzene ring substituents is 1. The maximum absolute atomic E-state index is 11.7. The van der Waals surface area contributed by atoms with E-state index >= 15 is 0 Å². The Morgan fingerprint density at radius 3 is 2.80 bits per heavy atom. The lowest BCUT2D eigenvalue weighted by molar-refractivity contribution is -0.385. The van der Waals surface area contributed by atoms with Crippen LogP contribution >= 0.6 is 11.6 Å². The maximum atomic E-state index is 11.7. The van der Waals surface area contributed by atoms with E-state index in [-0.39, 0.29) is 11.4 Å². The summed E-state index contributed by atoms with van der Waals surface area (Å²) in [5, 5.41) is 15.1. The van der Waals surface area contributed by atoms with Gasteiger partial charge in [0.2, 0.25) is 0 Å². The summed E-state index contributed by atoms with van der Waals surface area (Å²) in [6.45, 7) is -0.422. The van der Waals surface area contributed by atoms with Crippen molar-refractivity contribution < 1.29 is 19.2 Å². The van der Waals surface area contributed by atoms with Crippen molar-refractivity contribution in [2.75, 3.05) is 13.7 Å². The molecular formula is C16H14ClN3O5. The molecule has 8 nitrogen and oxygen atoms in total. The van der Waals surface area contributed by atoms with Crippen molar-refractivity contribution >= 4 is 29.4 Å². The normalized spacial score (nSPS) is 10.5. The number of halogens is 1. The van der Waals surface area contributed by atoms with Crippen LogP contribution in [-0.2, 0) is 4.79 Å². The number of hydrogen-bond donors (Lipinski definition) is 1. The van der Waals surface area contributed by atoms with Crippen LogP contribution in [0.25, 0.3) is 0 Å². The van der Waals surface area contributed by atoms with Crippen molar-refractivity contribution in [3.05, 3.63) is 63.2 Å². The number of carbonyl (C=O) groups excluding carboxylic acids is 1. The summed E-state index contributed by atoms with van der Waals surface area (Å²) >= 11 is 5.89. The summed E-state index contributed by atoms with van der Waals surface area (Å²) in [7, 11) is 1.50. The predicted octanol–water partition coefficient (Wildman–Crippen LogP) is 2.79. The third kappa shape index (κ3) is 5.18. The van der Waals surface area contributed by atoms with Gasteiger partial charge in [0.25, 0.3) is 5.91 Å². The summed E-state index contributed by atoms with van der Waals surface area (Å²) in [5.74, 6) is -0.0305. The number of hydrogen-bond acceptors (Lipinski definition) is 6. The molecule has 0 atom stereocenters. The number of nitrogens with zero attached hydrogens (tertiary/aromatic N) is 2. The molecule has 0 heterocycles. The first-order chi connectivity index (χ1) is 12.0. The van der Waals surface area contributed by atoms with E-state index in [0.29, 0.717) is 16.3 Å². The van der Waals surface area contributed by atoms with Crippen LogP contribution in [-0.4, -0.2) is 30.8 Å². The van der Waals surface area contributed by atoms with Crippen LogP contribution in [0.1, 0.15) is 5.56 Å². The zero-order valence-corrected chi connectivity index (χ0v) is 13.9. The number of para-hydroxylation sites is 2. The fourth-order valence-electron chi connectivity index (χ4n) is 1.89. The molecule has 1 amide bonds. The Hall–Kier alpha value is -3.13. The van der Waals surface area contributed by atoms with Crippen molar-refractivity contribution in [3.63, 3.8) is 0 Å². The van der Waals surface area contributed by atoms with Gasteiger partial charge in [-0.2, -0.15) is 5.10 Å². The van der Waals surface area contributed by atoms with Crippen molar-refractivity contribution in [3.8, 4) is 11.5 Å². The number of amides is 1. The van der Waals surface area contributed by atoms with Gasteiger partial charge in [0.1, 0.15) is 5.75 Å². The average Bonchev–Trinajstić information content (AvgIpc) is 2.60. The summed E-state index contributed by atoms with van der Waals surface area (Å²) in [5.41, 5.74) is 2.62. The van der Waals surface area contributed by atoms with Crippen LogP contribution in [0, 0.1) is 10.1 Å². The Morgan fingerprint density at radius 1 is 1.32 bits per heavy atom. The molecule has 0 spiro atoms. The zero-order valence-electron chi connectivity index (χ0n) is 13.1. The average molecular weight is 364 g/mol. The molecule has 130 valence electrons. The summed E-state index contributed by atoms with van der Waals surface area (Å²) < 4.78 is 10.3. The molecule has 0 aliphatic heterocycles. The molecule has 25 heavy (non-hydrogen) atoms. The lowest BCUT2D eigenvalue weighted by Gasteiger charge is -2.06. The Labute approximate surface area is 148 Å². The number of methoxy groups -OCH3 is 1. The molecule has 0 fully saturated rings. The minimum atomic E-state index is -0.586. The first kappa shape index (κ1) is 18.2.